The van der Waals surface area contributed by atoms with E-state index < -0.39 is 11.8 Å². The van der Waals surface area contributed by atoms with Crippen LogP contribution in [-0.4, -0.2) is 24.3 Å². The van der Waals surface area contributed by atoms with E-state index in [1.54, 1.807) is 24.3 Å². The first-order valence-electron chi connectivity index (χ1n) is 11.1. The van der Waals surface area contributed by atoms with E-state index in [2.05, 4.69) is 16.2 Å². The van der Waals surface area contributed by atoms with Crippen LogP contribution in [0.15, 0.2) is 72.8 Å². The molecule has 34 heavy (non-hydrogen) atoms. The zero-order chi connectivity index (χ0) is 24.3. The van der Waals surface area contributed by atoms with Crippen LogP contribution in [-0.2, 0) is 16.0 Å². The Morgan fingerprint density at radius 2 is 1.50 bits per heavy atom. The molecule has 7 nitrogen and oxygen atoms in total. The molecule has 0 aliphatic carbocycles. The van der Waals surface area contributed by atoms with Gasteiger partial charge in [0.25, 0.3) is 5.91 Å². The second-order valence-corrected chi connectivity index (χ2v) is 7.98. The molecule has 3 aromatic rings. The molecule has 7 heteroatoms. The summed E-state index contributed by atoms with van der Waals surface area (Å²) in [6, 6.07) is 22.4. The minimum atomic E-state index is -0.455. The molecule has 0 aliphatic rings. The maximum Gasteiger partial charge on any atom is 0.269 e. The van der Waals surface area contributed by atoms with Crippen LogP contribution in [0.4, 0.5) is 5.69 Å². The summed E-state index contributed by atoms with van der Waals surface area (Å²) in [5.41, 5.74) is 9.05. The molecule has 0 atom stereocenters. The highest BCUT2D eigenvalue weighted by Gasteiger charge is 2.11. The molecule has 3 N–H and O–H groups in total. The van der Waals surface area contributed by atoms with Gasteiger partial charge in [-0.15, -0.1) is 0 Å². The van der Waals surface area contributed by atoms with Gasteiger partial charge < -0.3 is 10.1 Å². The highest BCUT2D eigenvalue weighted by molar-refractivity contribution is 5.96. The number of ether oxygens (including phenoxy) is 1. The van der Waals surface area contributed by atoms with Crippen molar-refractivity contribution in [2.24, 2.45) is 0 Å². The van der Waals surface area contributed by atoms with Crippen LogP contribution in [0.2, 0.25) is 0 Å². The van der Waals surface area contributed by atoms with E-state index in [0.717, 1.165) is 23.2 Å². The van der Waals surface area contributed by atoms with Crippen LogP contribution >= 0.6 is 0 Å². The topological polar surface area (TPSA) is 96.5 Å². The quantitative estimate of drug-likeness (QED) is 0.420. The second kappa shape index (κ2) is 12.2. The first kappa shape index (κ1) is 24.5. The van der Waals surface area contributed by atoms with Crippen LogP contribution < -0.4 is 20.9 Å². The van der Waals surface area contributed by atoms with Gasteiger partial charge in [-0.1, -0.05) is 48.0 Å². The number of nitrogens with one attached hydrogen (secondary N) is 3. The van der Waals surface area contributed by atoms with Crippen molar-refractivity contribution >= 4 is 23.4 Å². The molecule has 0 radical (unpaired) electrons. The Morgan fingerprint density at radius 3 is 2.21 bits per heavy atom. The van der Waals surface area contributed by atoms with Crippen molar-refractivity contribution < 1.29 is 19.1 Å². The molecule has 176 valence electrons. The van der Waals surface area contributed by atoms with Gasteiger partial charge >= 0.3 is 0 Å². The van der Waals surface area contributed by atoms with E-state index in [1.807, 2.05) is 62.4 Å². The molecule has 3 amide bonds. The smallest absolute Gasteiger partial charge is 0.269 e. The number of carbonyl (C=O) groups is 3. The third-order valence-electron chi connectivity index (χ3n) is 5.17. The minimum absolute atomic E-state index is 0.00401. The summed E-state index contributed by atoms with van der Waals surface area (Å²) in [5, 5.41) is 2.79. The number of rotatable bonds is 9. The Balaban J connectivity index is 1.36. The lowest BCUT2D eigenvalue weighted by molar-refractivity contribution is -0.124. The van der Waals surface area contributed by atoms with Crippen LogP contribution in [0.25, 0.3) is 0 Å². The number of anilines is 1. The van der Waals surface area contributed by atoms with Gasteiger partial charge in [-0.2, -0.15) is 0 Å². The van der Waals surface area contributed by atoms with E-state index >= 15 is 0 Å². The van der Waals surface area contributed by atoms with Gasteiger partial charge in [0.05, 0.1) is 6.61 Å². The van der Waals surface area contributed by atoms with Crippen LogP contribution in [0.3, 0.4) is 0 Å². The summed E-state index contributed by atoms with van der Waals surface area (Å²) in [7, 11) is 0. The van der Waals surface area contributed by atoms with Gasteiger partial charge in [-0.25, -0.2) is 0 Å². The van der Waals surface area contributed by atoms with Gasteiger partial charge in [-0.3, -0.25) is 25.2 Å². The third kappa shape index (κ3) is 7.78. The van der Waals surface area contributed by atoms with Crippen molar-refractivity contribution in [3.63, 3.8) is 0 Å². The molecule has 3 aromatic carbocycles. The van der Waals surface area contributed by atoms with Crippen molar-refractivity contribution in [1.29, 1.82) is 0 Å². The standard InChI is InChI=1S/C27H29N3O4/c1-19-8-13-24(20(2)18-19)28-25(31)14-15-26(32)29-30-27(33)22-9-11-23(12-10-22)34-17-16-21-6-4-3-5-7-21/h3-13,18H,14-17H2,1-2H3,(H,28,31)(H,29,32)(H,30,33). The van der Waals surface area contributed by atoms with Crippen molar-refractivity contribution in [1.82, 2.24) is 10.9 Å². The average Bonchev–Trinajstić information content (AvgIpc) is 2.84. The predicted octanol–water partition coefficient (Wildman–Crippen LogP) is 4.10. The summed E-state index contributed by atoms with van der Waals surface area (Å²) < 4.78 is 5.71. The van der Waals surface area contributed by atoms with Crippen LogP contribution in [0, 0.1) is 13.8 Å². The van der Waals surface area contributed by atoms with Gasteiger partial charge in [0.1, 0.15) is 5.75 Å². The Hall–Kier alpha value is -4.13. The van der Waals surface area contributed by atoms with Crippen LogP contribution in [0.1, 0.15) is 39.9 Å². The fourth-order valence-corrected chi connectivity index (χ4v) is 3.29. The van der Waals surface area contributed by atoms with E-state index in [1.165, 1.54) is 5.56 Å². The van der Waals surface area contributed by atoms with Crippen molar-refractivity contribution in [3.8, 4) is 5.75 Å². The number of benzene rings is 3. The Kier molecular flexibility index (Phi) is 8.80. The fourth-order valence-electron chi connectivity index (χ4n) is 3.29. The van der Waals surface area contributed by atoms with E-state index in [0.29, 0.717) is 17.9 Å². The minimum Gasteiger partial charge on any atom is -0.493 e. The first-order valence-corrected chi connectivity index (χ1v) is 11.1. The molecule has 0 unspecified atom stereocenters. The fraction of sp³-hybridized carbons (Fsp3) is 0.222. The van der Waals surface area contributed by atoms with Gasteiger partial charge in [-0.05, 0) is 55.3 Å². The maximum atomic E-state index is 12.3. The Morgan fingerprint density at radius 1 is 0.794 bits per heavy atom. The summed E-state index contributed by atoms with van der Waals surface area (Å²) in [6.45, 7) is 4.42. The molecule has 0 bridgehead atoms. The molecular formula is C27H29N3O4. The Bertz CT molecular complexity index is 1130. The number of aryl methyl sites for hydroxylation is 2. The molecule has 3 rings (SSSR count). The van der Waals surface area contributed by atoms with Crippen molar-refractivity contribution in [3.05, 3.63) is 95.1 Å². The van der Waals surface area contributed by atoms with Crippen LogP contribution in [0.5, 0.6) is 5.75 Å². The lowest BCUT2D eigenvalue weighted by Gasteiger charge is -2.10. The molecule has 0 aromatic heterocycles. The van der Waals surface area contributed by atoms with E-state index in [9.17, 15) is 14.4 Å². The monoisotopic (exact) mass is 459 g/mol. The van der Waals surface area contributed by atoms with E-state index in [4.69, 9.17) is 4.74 Å². The third-order valence-corrected chi connectivity index (χ3v) is 5.17. The molecule has 0 saturated heterocycles. The molecule has 0 aliphatic heterocycles. The normalized spacial score (nSPS) is 10.3. The van der Waals surface area contributed by atoms with Gasteiger partial charge in [0, 0.05) is 30.5 Å². The number of hydrogen-bond acceptors (Lipinski definition) is 4. The largest absolute Gasteiger partial charge is 0.493 e. The lowest BCUT2D eigenvalue weighted by Crippen LogP contribution is -2.41. The number of hydrazine groups is 1. The summed E-state index contributed by atoms with van der Waals surface area (Å²) >= 11 is 0. The SMILES string of the molecule is Cc1ccc(NC(=O)CCC(=O)NNC(=O)c2ccc(OCCc3ccccc3)cc2)c(C)c1. The number of hydrogen-bond donors (Lipinski definition) is 3. The summed E-state index contributed by atoms with van der Waals surface area (Å²) in [4.78, 5) is 36.4. The first-order chi connectivity index (χ1) is 16.4. The van der Waals surface area contributed by atoms with E-state index in [-0.39, 0.29) is 18.7 Å². The zero-order valence-corrected chi connectivity index (χ0v) is 19.4. The van der Waals surface area contributed by atoms with Gasteiger partial charge in [0.15, 0.2) is 0 Å². The summed E-state index contributed by atoms with van der Waals surface area (Å²) in [6.07, 6.45) is 0.743. The molecule has 0 spiro atoms. The molecular weight excluding hydrogens is 430 g/mol. The zero-order valence-electron chi connectivity index (χ0n) is 19.4. The number of carbonyl (C=O) groups excluding carboxylic acids is 3. The van der Waals surface area contributed by atoms with Crippen molar-refractivity contribution in [2.75, 3.05) is 11.9 Å². The second-order valence-electron chi connectivity index (χ2n) is 7.98. The molecule has 0 heterocycles. The highest BCUT2D eigenvalue weighted by atomic mass is 16.5. The average molecular weight is 460 g/mol. The van der Waals surface area contributed by atoms with Gasteiger partial charge in [0.2, 0.25) is 11.8 Å². The summed E-state index contributed by atoms with van der Waals surface area (Å²) in [5.74, 6) is -0.517. The predicted molar refractivity (Wildman–Crippen MR) is 131 cm³/mol. The number of amides is 3. The molecule has 0 saturated carbocycles. The highest BCUT2D eigenvalue weighted by Crippen LogP contribution is 2.16. The maximum absolute atomic E-state index is 12.3. The Labute approximate surface area is 199 Å². The van der Waals surface area contributed by atoms with Crippen molar-refractivity contribution in [2.45, 2.75) is 33.1 Å². The lowest BCUT2D eigenvalue weighted by atomic mass is 10.1. The molecule has 0 fully saturated rings.